The zero-order valence-corrected chi connectivity index (χ0v) is 22.8. The van der Waals surface area contributed by atoms with Gasteiger partial charge < -0.3 is 24.6 Å². The number of rotatable bonds is 6. The predicted octanol–water partition coefficient (Wildman–Crippen LogP) is 5.00. The van der Waals surface area contributed by atoms with Crippen molar-refractivity contribution < 1.29 is 19.4 Å². The van der Waals surface area contributed by atoms with Crippen molar-refractivity contribution in [2.24, 2.45) is 11.3 Å². The van der Waals surface area contributed by atoms with Gasteiger partial charge in [0.15, 0.2) is 5.65 Å². The third-order valence-corrected chi connectivity index (χ3v) is 8.45. The van der Waals surface area contributed by atoms with Gasteiger partial charge in [0.05, 0.1) is 21.6 Å². The summed E-state index contributed by atoms with van der Waals surface area (Å²) in [6, 6.07) is 10.4. The SMILES string of the molecule is CC(=O)N1CCN(c2ccc(-c3nc4nc(O[C@H]5CC[C@H](C(C)(C)C(=O)O)CC5)[nH]c4cc3Cl)cc2)CC1. The van der Waals surface area contributed by atoms with Crippen LogP contribution in [0.25, 0.3) is 22.4 Å². The maximum atomic E-state index is 11.6. The highest BCUT2D eigenvalue weighted by Crippen LogP contribution is 2.39. The molecule has 0 spiro atoms. The van der Waals surface area contributed by atoms with Crippen LogP contribution < -0.4 is 9.64 Å². The number of amides is 1. The van der Waals surface area contributed by atoms with E-state index in [9.17, 15) is 14.7 Å². The van der Waals surface area contributed by atoms with Crippen molar-refractivity contribution in [1.29, 1.82) is 0 Å². The Balaban J connectivity index is 1.25. The second kappa shape index (κ2) is 10.4. The van der Waals surface area contributed by atoms with E-state index in [-0.39, 0.29) is 17.9 Å². The molecule has 0 unspecified atom stereocenters. The lowest BCUT2D eigenvalue weighted by molar-refractivity contribution is -0.151. The number of carboxylic acid groups (broad SMARTS) is 1. The molecule has 3 aromatic rings. The summed E-state index contributed by atoms with van der Waals surface area (Å²) in [6.45, 7) is 8.29. The molecular formula is C28H34ClN5O4. The number of ether oxygens (including phenoxy) is 1. The number of benzene rings is 1. The summed E-state index contributed by atoms with van der Waals surface area (Å²) in [6.07, 6.45) is 3.17. The van der Waals surface area contributed by atoms with Crippen molar-refractivity contribution in [3.05, 3.63) is 35.4 Å². The van der Waals surface area contributed by atoms with Crippen molar-refractivity contribution in [3.63, 3.8) is 0 Å². The molecule has 1 saturated carbocycles. The van der Waals surface area contributed by atoms with Gasteiger partial charge in [-0.3, -0.25) is 9.59 Å². The summed E-state index contributed by atoms with van der Waals surface area (Å²) in [7, 11) is 0. The lowest BCUT2D eigenvalue weighted by atomic mass is 9.70. The lowest BCUT2D eigenvalue weighted by Gasteiger charge is -2.36. The van der Waals surface area contributed by atoms with Gasteiger partial charge >= 0.3 is 5.97 Å². The molecule has 1 aliphatic heterocycles. The van der Waals surface area contributed by atoms with Crippen molar-refractivity contribution >= 4 is 40.3 Å². The number of hydrogen-bond donors (Lipinski definition) is 2. The van der Waals surface area contributed by atoms with E-state index in [4.69, 9.17) is 21.3 Å². The van der Waals surface area contributed by atoms with Crippen molar-refractivity contribution in [1.82, 2.24) is 19.9 Å². The van der Waals surface area contributed by atoms with Crippen molar-refractivity contribution in [3.8, 4) is 17.3 Å². The molecule has 1 aromatic carbocycles. The minimum Gasteiger partial charge on any atom is -0.481 e. The van der Waals surface area contributed by atoms with Crippen LogP contribution in [0.15, 0.2) is 30.3 Å². The van der Waals surface area contributed by atoms with Crippen LogP contribution in [0.5, 0.6) is 6.01 Å². The Kier molecular flexibility index (Phi) is 7.22. The van der Waals surface area contributed by atoms with Crippen molar-refractivity contribution in [2.75, 3.05) is 31.1 Å². The van der Waals surface area contributed by atoms with E-state index in [0.29, 0.717) is 27.9 Å². The predicted molar refractivity (Wildman–Crippen MR) is 147 cm³/mol. The fraction of sp³-hybridized carbons (Fsp3) is 0.500. The Bertz CT molecular complexity index is 1320. The first kappa shape index (κ1) is 26.3. The number of aliphatic carboxylic acids is 1. The molecule has 0 radical (unpaired) electrons. The van der Waals surface area contributed by atoms with E-state index in [1.807, 2.05) is 23.1 Å². The Morgan fingerprint density at radius 3 is 2.32 bits per heavy atom. The number of nitrogens with zero attached hydrogens (tertiary/aromatic N) is 4. The third-order valence-electron chi connectivity index (χ3n) is 8.16. The van der Waals surface area contributed by atoms with E-state index in [2.05, 4.69) is 27.0 Å². The number of hydrogen-bond acceptors (Lipinski definition) is 6. The highest BCUT2D eigenvalue weighted by molar-refractivity contribution is 6.33. The first-order valence-corrected chi connectivity index (χ1v) is 13.6. The van der Waals surface area contributed by atoms with Gasteiger partial charge in [0.1, 0.15) is 6.10 Å². The minimum absolute atomic E-state index is 0.0174. The first-order chi connectivity index (χ1) is 18.1. The molecule has 5 rings (SSSR count). The highest BCUT2D eigenvalue weighted by atomic mass is 35.5. The Morgan fingerprint density at radius 2 is 1.71 bits per heavy atom. The molecule has 9 nitrogen and oxygen atoms in total. The normalized spacial score (nSPS) is 20.5. The first-order valence-electron chi connectivity index (χ1n) is 13.2. The van der Waals surface area contributed by atoms with Crippen LogP contribution in [0.3, 0.4) is 0 Å². The fourth-order valence-electron chi connectivity index (χ4n) is 5.50. The molecule has 38 heavy (non-hydrogen) atoms. The molecule has 0 bridgehead atoms. The number of carbonyl (C=O) groups excluding carboxylic acids is 1. The van der Waals surface area contributed by atoms with E-state index in [1.165, 1.54) is 0 Å². The number of halogens is 1. The van der Waals surface area contributed by atoms with Crippen LogP contribution >= 0.6 is 11.6 Å². The molecular weight excluding hydrogens is 506 g/mol. The second-order valence-electron chi connectivity index (χ2n) is 10.9. The number of carboxylic acids is 1. The van der Waals surface area contributed by atoms with Crippen LogP contribution in [-0.2, 0) is 9.59 Å². The number of piperazine rings is 1. The maximum absolute atomic E-state index is 11.6. The Morgan fingerprint density at radius 1 is 1.05 bits per heavy atom. The fourth-order valence-corrected chi connectivity index (χ4v) is 5.76. The van der Waals surface area contributed by atoms with E-state index in [0.717, 1.165) is 63.1 Å². The van der Waals surface area contributed by atoms with Gasteiger partial charge in [-0.2, -0.15) is 4.98 Å². The largest absolute Gasteiger partial charge is 0.481 e. The van der Waals surface area contributed by atoms with Crippen LogP contribution in [0.1, 0.15) is 46.5 Å². The van der Waals surface area contributed by atoms with Gasteiger partial charge in [0.25, 0.3) is 6.01 Å². The number of fused-ring (bicyclic) bond motifs is 1. The zero-order valence-electron chi connectivity index (χ0n) is 22.0. The number of aromatic nitrogens is 3. The van der Waals surface area contributed by atoms with E-state index in [1.54, 1.807) is 20.8 Å². The van der Waals surface area contributed by atoms with Gasteiger partial charge in [-0.1, -0.05) is 23.7 Å². The van der Waals surface area contributed by atoms with Gasteiger partial charge in [0, 0.05) is 44.4 Å². The van der Waals surface area contributed by atoms with E-state index >= 15 is 0 Å². The maximum Gasteiger partial charge on any atom is 0.309 e. The number of nitrogens with one attached hydrogen (secondary N) is 1. The van der Waals surface area contributed by atoms with Gasteiger partial charge in [-0.25, -0.2) is 4.98 Å². The summed E-state index contributed by atoms with van der Waals surface area (Å²) in [5, 5.41) is 10.0. The second-order valence-corrected chi connectivity index (χ2v) is 11.3. The number of imidazole rings is 1. The summed E-state index contributed by atoms with van der Waals surface area (Å²) < 4.78 is 6.13. The number of H-pyrrole nitrogens is 1. The molecule has 1 aliphatic carbocycles. The monoisotopic (exact) mass is 539 g/mol. The van der Waals surface area contributed by atoms with Gasteiger partial charge in [0.2, 0.25) is 5.91 Å². The van der Waals surface area contributed by atoms with Crippen molar-refractivity contribution in [2.45, 2.75) is 52.6 Å². The minimum atomic E-state index is -0.750. The standard InChI is InChI=1S/C28H34ClN5O4/c1-17(35)33-12-14-34(15-13-33)20-8-4-18(5-9-20)24-22(29)16-23-25(31-24)32-27(30-23)38-21-10-6-19(7-11-21)28(2,3)26(36)37/h4-5,8-9,16,19,21H,6-7,10-15H2,1-3H3,(H,36,37)(H,30,31,32)/t19-,21-. The van der Waals surface area contributed by atoms with Gasteiger partial charge in [-0.15, -0.1) is 0 Å². The third kappa shape index (κ3) is 5.29. The molecule has 2 N–H and O–H groups in total. The highest BCUT2D eigenvalue weighted by Gasteiger charge is 2.39. The number of carbonyl (C=O) groups is 2. The van der Waals surface area contributed by atoms with Crippen LogP contribution in [-0.4, -0.2) is 69.1 Å². The summed E-state index contributed by atoms with van der Waals surface area (Å²) >= 11 is 6.61. The molecule has 202 valence electrons. The molecule has 2 aliphatic rings. The number of anilines is 1. The van der Waals surface area contributed by atoms with Gasteiger partial charge in [-0.05, 0) is 63.6 Å². The summed E-state index contributed by atoms with van der Waals surface area (Å²) in [5.74, 6) is -0.495. The molecule has 1 amide bonds. The Labute approximate surface area is 227 Å². The average Bonchev–Trinajstić information content (AvgIpc) is 3.29. The molecule has 3 heterocycles. The summed E-state index contributed by atoms with van der Waals surface area (Å²) in [5.41, 5.74) is 3.16. The summed E-state index contributed by atoms with van der Waals surface area (Å²) in [4.78, 5) is 39.8. The average molecular weight is 540 g/mol. The van der Waals surface area contributed by atoms with Crippen LogP contribution in [0.2, 0.25) is 5.02 Å². The molecule has 1 saturated heterocycles. The number of pyridine rings is 1. The Hall–Kier alpha value is -3.33. The van der Waals surface area contributed by atoms with E-state index < -0.39 is 11.4 Å². The lowest BCUT2D eigenvalue weighted by Crippen LogP contribution is -2.48. The smallest absolute Gasteiger partial charge is 0.309 e. The molecule has 2 fully saturated rings. The quantitative estimate of drug-likeness (QED) is 0.453. The molecule has 10 heteroatoms. The molecule has 2 aromatic heterocycles. The molecule has 0 atom stereocenters. The van der Waals surface area contributed by atoms with Crippen LogP contribution in [0.4, 0.5) is 5.69 Å². The van der Waals surface area contributed by atoms with Crippen LogP contribution in [0, 0.1) is 11.3 Å². The zero-order chi connectivity index (χ0) is 27.0. The number of aromatic amines is 1. The topological polar surface area (TPSA) is 112 Å².